The predicted molar refractivity (Wildman–Crippen MR) is 135 cm³/mol. The molecule has 3 N–H and O–H groups in total. The van der Waals surface area contributed by atoms with Gasteiger partial charge in [-0.2, -0.15) is 0 Å². The van der Waals surface area contributed by atoms with Crippen LogP contribution in [-0.2, 0) is 11.2 Å². The van der Waals surface area contributed by atoms with Crippen LogP contribution in [0.25, 0.3) is 17.0 Å². The van der Waals surface area contributed by atoms with E-state index in [1.807, 2.05) is 61.7 Å². The molecule has 0 aliphatic carbocycles. The maximum Gasteiger partial charge on any atom is 0.267 e. The van der Waals surface area contributed by atoms with E-state index in [2.05, 4.69) is 21.7 Å². The Morgan fingerprint density at radius 2 is 1.79 bits per heavy atom. The van der Waals surface area contributed by atoms with Crippen molar-refractivity contribution in [1.29, 1.82) is 0 Å². The molecule has 172 valence electrons. The Labute approximate surface area is 198 Å². The fourth-order valence-electron chi connectivity index (χ4n) is 3.82. The second-order valence-electron chi connectivity index (χ2n) is 7.99. The minimum atomic E-state index is -0.369. The highest BCUT2D eigenvalue weighted by atomic mass is 16.5. The average Bonchev–Trinajstić information content (AvgIpc) is 3.27. The summed E-state index contributed by atoms with van der Waals surface area (Å²) >= 11 is 0. The Morgan fingerprint density at radius 1 is 1.00 bits per heavy atom. The highest BCUT2D eigenvalue weighted by molar-refractivity contribution is 6.05. The van der Waals surface area contributed by atoms with Gasteiger partial charge in [0.1, 0.15) is 11.4 Å². The summed E-state index contributed by atoms with van der Waals surface area (Å²) < 4.78 is 5.41. The Morgan fingerprint density at radius 3 is 2.62 bits per heavy atom. The average molecular weight is 454 g/mol. The van der Waals surface area contributed by atoms with Crippen molar-refractivity contribution in [3.63, 3.8) is 0 Å². The van der Waals surface area contributed by atoms with E-state index in [1.165, 1.54) is 0 Å². The number of benzene rings is 3. The van der Waals surface area contributed by atoms with Crippen LogP contribution in [0.5, 0.6) is 5.75 Å². The number of rotatable bonds is 8. The van der Waals surface area contributed by atoms with Crippen LogP contribution in [0.4, 0.5) is 0 Å². The number of ether oxygens (including phenoxy) is 1. The number of hydrogen-bond acceptors (Lipinski definition) is 3. The summed E-state index contributed by atoms with van der Waals surface area (Å²) in [4.78, 5) is 29.3. The molecule has 0 atom stereocenters. The van der Waals surface area contributed by atoms with Crippen LogP contribution in [-0.4, -0.2) is 30.5 Å². The number of aromatic nitrogens is 1. The Kier molecular flexibility index (Phi) is 7.08. The van der Waals surface area contributed by atoms with Gasteiger partial charge in [0.05, 0.1) is 7.11 Å². The number of aryl methyl sites for hydroxylation is 1. The fraction of sp³-hybridized carbons (Fsp3) is 0.143. The number of carbonyl (C=O) groups is 2. The SMILES string of the molecule is COc1ccccc1/C=C(\NC(=O)c1cccc(C)c1)C(=O)NCCc1c[nH]c2ccccc12. The molecule has 0 radical (unpaired) electrons. The Hall–Kier alpha value is -4.32. The highest BCUT2D eigenvalue weighted by Gasteiger charge is 2.16. The zero-order chi connectivity index (χ0) is 23.9. The number of aromatic amines is 1. The largest absolute Gasteiger partial charge is 0.496 e. The zero-order valence-corrected chi connectivity index (χ0v) is 19.2. The molecule has 0 aliphatic rings. The van der Waals surface area contributed by atoms with Gasteiger partial charge >= 0.3 is 0 Å². The maximum atomic E-state index is 13.1. The number of nitrogens with one attached hydrogen (secondary N) is 3. The lowest BCUT2D eigenvalue weighted by atomic mass is 10.1. The number of amides is 2. The van der Waals surface area contributed by atoms with E-state index in [1.54, 1.807) is 31.4 Å². The summed E-state index contributed by atoms with van der Waals surface area (Å²) in [5, 5.41) is 6.85. The van der Waals surface area contributed by atoms with Crippen molar-refractivity contribution in [2.24, 2.45) is 0 Å². The summed E-state index contributed by atoms with van der Waals surface area (Å²) in [6, 6.07) is 22.6. The van der Waals surface area contributed by atoms with Gasteiger partial charge in [0.2, 0.25) is 0 Å². The van der Waals surface area contributed by atoms with Crippen molar-refractivity contribution in [3.8, 4) is 5.75 Å². The molecule has 0 bridgehead atoms. The lowest BCUT2D eigenvalue weighted by Crippen LogP contribution is -2.35. The van der Waals surface area contributed by atoms with Gasteiger partial charge in [-0.05, 0) is 49.2 Å². The second-order valence-corrected chi connectivity index (χ2v) is 7.99. The quantitative estimate of drug-likeness (QED) is 0.341. The standard InChI is InChI=1S/C28H27N3O3/c1-19-8-7-10-21(16-19)27(32)31-25(17-20-9-3-6-13-26(20)34-2)28(33)29-15-14-22-18-30-24-12-5-4-11-23(22)24/h3-13,16-18,30H,14-15H2,1-2H3,(H,29,33)(H,31,32)/b25-17-. The van der Waals surface area contributed by atoms with E-state index in [-0.39, 0.29) is 17.5 Å². The van der Waals surface area contributed by atoms with Gasteiger partial charge in [0, 0.05) is 34.8 Å². The van der Waals surface area contributed by atoms with Crippen LogP contribution in [0, 0.1) is 6.92 Å². The number of carbonyl (C=O) groups excluding carboxylic acids is 2. The fourth-order valence-corrected chi connectivity index (χ4v) is 3.82. The van der Waals surface area contributed by atoms with E-state index >= 15 is 0 Å². The third kappa shape index (κ3) is 5.35. The first kappa shape index (κ1) is 22.9. The summed E-state index contributed by atoms with van der Waals surface area (Å²) in [6.45, 7) is 2.34. The summed E-state index contributed by atoms with van der Waals surface area (Å²) in [6.07, 6.45) is 4.25. The van der Waals surface area contributed by atoms with Crippen LogP contribution in [0.1, 0.15) is 27.0 Å². The molecule has 2 amide bonds. The van der Waals surface area contributed by atoms with E-state index in [0.717, 1.165) is 22.0 Å². The normalized spacial score (nSPS) is 11.3. The molecular formula is C28H27N3O3. The molecule has 0 unspecified atom stereocenters. The third-order valence-corrected chi connectivity index (χ3v) is 5.57. The van der Waals surface area contributed by atoms with E-state index in [9.17, 15) is 9.59 Å². The lowest BCUT2D eigenvalue weighted by molar-refractivity contribution is -0.117. The van der Waals surface area contributed by atoms with E-state index in [0.29, 0.717) is 29.8 Å². The number of H-pyrrole nitrogens is 1. The van der Waals surface area contributed by atoms with Gasteiger partial charge in [-0.1, -0.05) is 54.1 Å². The van der Waals surface area contributed by atoms with E-state index < -0.39 is 0 Å². The van der Waals surface area contributed by atoms with Crippen LogP contribution >= 0.6 is 0 Å². The number of hydrogen-bond donors (Lipinski definition) is 3. The number of fused-ring (bicyclic) bond motifs is 1. The number of para-hydroxylation sites is 2. The van der Waals surface area contributed by atoms with Crippen molar-refractivity contribution in [3.05, 3.63) is 107 Å². The first-order valence-electron chi connectivity index (χ1n) is 11.1. The molecule has 0 saturated heterocycles. The minimum Gasteiger partial charge on any atom is -0.496 e. The third-order valence-electron chi connectivity index (χ3n) is 5.57. The molecule has 0 saturated carbocycles. The first-order chi connectivity index (χ1) is 16.5. The van der Waals surface area contributed by atoms with Gasteiger partial charge in [-0.15, -0.1) is 0 Å². The van der Waals surface area contributed by atoms with Crippen molar-refractivity contribution >= 4 is 28.8 Å². The van der Waals surface area contributed by atoms with E-state index in [4.69, 9.17) is 4.74 Å². The molecule has 6 heteroatoms. The molecule has 0 aliphatic heterocycles. The smallest absolute Gasteiger partial charge is 0.267 e. The summed E-state index contributed by atoms with van der Waals surface area (Å²) in [5.74, 6) is -0.111. The van der Waals surface area contributed by atoms with Gasteiger partial charge in [-0.25, -0.2) is 0 Å². The van der Waals surface area contributed by atoms with Crippen molar-refractivity contribution in [2.45, 2.75) is 13.3 Å². The maximum absolute atomic E-state index is 13.1. The van der Waals surface area contributed by atoms with Crippen molar-refractivity contribution in [1.82, 2.24) is 15.6 Å². The Balaban J connectivity index is 1.53. The lowest BCUT2D eigenvalue weighted by Gasteiger charge is -2.12. The molecule has 3 aromatic carbocycles. The van der Waals surface area contributed by atoms with Crippen LogP contribution in [0.15, 0.2) is 84.7 Å². The highest BCUT2D eigenvalue weighted by Crippen LogP contribution is 2.21. The molecule has 1 heterocycles. The van der Waals surface area contributed by atoms with Crippen LogP contribution < -0.4 is 15.4 Å². The van der Waals surface area contributed by atoms with Gasteiger partial charge in [0.25, 0.3) is 11.8 Å². The van der Waals surface area contributed by atoms with Crippen molar-refractivity contribution < 1.29 is 14.3 Å². The molecule has 34 heavy (non-hydrogen) atoms. The van der Waals surface area contributed by atoms with Crippen LogP contribution in [0.2, 0.25) is 0 Å². The van der Waals surface area contributed by atoms with Crippen molar-refractivity contribution in [2.75, 3.05) is 13.7 Å². The molecule has 4 rings (SSSR count). The number of methoxy groups -OCH3 is 1. The molecule has 1 aromatic heterocycles. The van der Waals surface area contributed by atoms with Crippen LogP contribution in [0.3, 0.4) is 0 Å². The zero-order valence-electron chi connectivity index (χ0n) is 19.2. The second kappa shape index (κ2) is 10.5. The van der Waals surface area contributed by atoms with Gasteiger partial charge in [-0.3, -0.25) is 9.59 Å². The predicted octanol–water partition coefficient (Wildman–Crippen LogP) is 4.61. The molecule has 4 aromatic rings. The summed E-state index contributed by atoms with van der Waals surface area (Å²) in [5.41, 5.74) is 4.47. The van der Waals surface area contributed by atoms with Gasteiger partial charge < -0.3 is 20.4 Å². The minimum absolute atomic E-state index is 0.148. The topological polar surface area (TPSA) is 83.2 Å². The molecular weight excluding hydrogens is 426 g/mol. The first-order valence-corrected chi connectivity index (χ1v) is 11.1. The Bertz CT molecular complexity index is 1350. The molecule has 6 nitrogen and oxygen atoms in total. The van der Waals surface area contributed by atoms with Gasteiger partial charge in [0.15, 0.2) is 0 Å². The monoisotopic (exact) mass is 453 g/mol. The molecule has 0 spiro atoms. The summed E-state index contributed by atoms with van der Waals surface area (Å²) in [7, 11) is 1.57. The molecule has 0 fully saturated rings.